The van der Waals surface area contributed by atoms with E-state index in [0.29, 0.717) is 11.1 Å². The number of ether oxygens (including phenoxy) is 1. The maximum absolute atomic E-state index is 12.4. The maximum Gasteiger partial charge on any atom is 0.336 e. The van der Waals surface area contributed by atoms with Gasteiger partial charge in [-0.2, -0.15) is 0 Å². The van der Waals surface area contributed by atoms with Crippen molar-refractivity contribution >= 4 is 40.3 Å². The summed E-state index contributed by atoms with van der Waals surface area (Å²) in [6, 6.07) is 12.6. The minimum absolute atomic E-state index is 0.0532. The Morgan fingerprint density at radius 3 is 2.79 bits per heavy atom. The molecule has 0 unspecified atom stereocenters. The average Bonchev–Trinajstić information content (AvgIpc) is 2.70. The van der Waals surface area contributed by atoms with Gasteiger partial charge in [0.15, 0.2) is 0 Å². The third-order valence-corrected chi connectivity index (χ3v) is 6.24. The number of esters is 1. The van der Waals surface area contributed by atoms with Gasteiger partial charge in [-0.15, -0.1) is 11.8 Å². The van der Waals surface area contributed by atoms with Crippen molar-refractivity contribution in [1.29, 1.82) is 0 Å². The molecule has 7 heteroatoms. The van der Waals surface area contributed by atoms with Gasteiger partial charge in [-0.1, -0.05) is 24.3 Å². The van der Waals surface area contributed by atoms with Crippen molar-refractivity contribution in [1.82, 2.24) is 0 Å². The summed E-state index contributed by atoms with van der Waals surface area (Å²) >= 11 is 1.35. The number of hydrogen-bond donors (Lipinski definition) is 1. The molecule has 148 valence electrons. The second-order valence-corrected chi connectivity index (χ2v) is 8.18. The fourth-order valence-electron chi connectivity index (χ4n) is 3.24. The highest BCUT2D eigenvalue weighted by Gasteiger charge is 2.29. The van der Waals surface area contributed by atoms with Crippen LogP contribution in [0.4, 0.5) is 5.69 Å². The number of nitrogens with one attached hydrogen (secondary N) is 1. The quantitative estimate of drug-likeness (QED) is 0.519. The lowest BCUT2D eigenvalue weighted by atomic mass is 10.0. The Morgan fingerprint density at radius 2 is 1.97 bits per heavy atom. The molecule has 0 saturated heterocycles. The molecule has 4 rings (SSSR count). The molecule has 2 heterocycles. The van der Waals surface area contributed by atoms with Crippen LogP contribution in [0.5, 0.6) is 0 Å². The summed E-state index contributed by atoms with van der Waals surface area (Å²) in [6.45, 7) is 3.76. The molecule has 1 amide bonds. The number of aryl methyl sites for hydroxylation is 2. The number of benzene rings is 2. The van der Waals surface area contributed by atoms with Crippen molar-refractivity contribution in [2.75, 3.05) is 5.32 Å². The predicted molar refractivity (Wildman–Crippen MR) is 111 cm³/mol. The Kier molecular flexibility index (Phi) is 5.15. The first-order chi connectivity index (χ1) is 13.9. The topological polar surface area (TPSA) is 85.6 Å². The van der Waals surface area contributed by atoms with Crippen LogP contribution in [0, 0.1) is 13.8 Å². The van der Waals surface area contributed by atoms with Crippen molar-refractivity contribution in [3.8, 4) is 0 Å². The van der Waals surface area contributed by atoms with Crippen molar-refractivity contribution in [3.63, 3.8) is 0 Å². The first kappa shape index (κ1) is 19.3. The lowest BCUT2D eigenvalue weighted by molar-refractivity contribution is -0.145. The van der Waals surface area contributed by atoms with E-state index in [4.69, 9.17) is 9.15 Å². The van der Waals surface area contributed by atoms with Crippen molar-refractivity contribution in [3.05, 3.63) is 69.6 Å². The molecule has 0 radical (unpaired) electrons. The van der Waals surface area contributed by atoms with Gasteiger partial charge in [0, 0.05) is 21.9 Å². The number of para-hydroxylation sites is 1. The number of carbonyl (C=O) groups excluding carboxylic acids is 2. The highest BCUT2D eigenvalue weighted by Crippen LogP contribution is 2.36. The smallest absolute Gasteiger partial charge is 0.336 e. The lowest BCUT2D eigenvalue weighted by Crippen LogP contribution is -2.31. The molecule has 1 aliphatic rings. The van der Waals surface area contributed by atoms with E-state index in [0.717, 1.165) is 27.1 Å². The molecule has 3 aromatic rings. The zero-order valence-electron chi connectivity index (χ0n) is 16.0. The summed E-state index contributed by atoms with van der Waals surface area (Å²) < 4.78 is 10.7. The third kappa shape index (κ3) is 3.91. The van der Waals surface area contributed by atoms with E-state index in [2.05, 4.69) is 5.32 Å². The monoisotopic (exact) mass is 409 g/mol. The molecule has 0 spiro atoms. The van der Waals surface area contributed by atoms with Crippen LogP contribution in [0.25, 0.3) is 11.0 Å². The van der Waals surface area contributed by atoms with Gasteiger partial charge in [-0.25, -0.2) is 4.79 Å². The molecule has 0 saturated carbocycles. The highest BCUT2D eigenvalue weighted by molar-refractivity contribution is 8.01. The second-order valence-electron chi connectivity index (χ2n) is 6.93. The number of fused-ring (bicyclic) bond motifs is 2. The summed E-state index contributed by atoms with van der Waals surface area (Å²) in [5.74, 6) is -0.718. The first-order valence-electron chi connectivity index (χ1n) is 9.17. The molecule has 1 N–H and O–H groups in total. The summed E-state index contributed by atoms with van der Waals surface area (Å²) in [5, 5.41) is 2.99. The number of amides is 1. The number of rotatable bonds is 4. The molecule has 1 atom stereocenters. The Morgan fingerprint density at radius 1 is 1.17 bits per heavy atom. The van der Waals surface area contributed by atoms with Gasteiger partial charge in [0.2, 0.25) is 5.91 Å². The molecule has 1 aliphatic heterocycles. The van der Waals surface area contributed by atoms with Crippen molar-refractivity contribution in [2.24, 2.45) is 0 Å². The molecule has 0 fully saturated rings. The molecule has 0 aliphatic carbocycles. The molecule has 29 heavy (non-hydrogen) atoms. The van der Waals surface area contributed by atoms with Gasteiger partial charge in [0.1, 0.15) is 12.2 Å². The highest BCUT2D eigenvalue weighted by atomic mass is 32.2. The Bertz CT molecular complexity index is 1180. The first-order valence-corrected chi connectivity index (χ1v) is 10.1. The van der Waals surface area contributed by atoms with Gasteiger partial charge in [0.05, 0.1) is 17.4 Å². The minimum atomic E-state index is -0.556. The normalized spacial score (nSPS) is 15.7. The van der Waals surface area contributed by atoms with Crippen LogP contribution in [-0.2, 0) is 20.9 Å². The van der Waals surface area contributed by atoms with Crippen LogP contribution in [0.15, 0.2) is 56.6 Å². The van der Waals surface area contributed by atoms with Gasteiger partial charge >= 0.3 is 11.6 Å². The molecule has 2 aromatic carbocycles. The third-order valence-electron chi connectivity index (χ3n) is 4.96. The van der Waals surface area contributed by atoms with Crippen LogP contribution in [-0.4, -0.2) is 17.1 Å². The summed E-state index contributed by atoms with van der Waals surface area (Å²) in [6.07, 6.45) is -0.0532. The average molecular weight is 409 g/mol. The largest absolute Gasteiger partial charge is 0.461 e. The minimum Gasteiger partial charge on any atom is -0.461 e. The van der Waals surface area contributed by atoms with E-state index in [1.54, 1.807) is 0 Å². The van der Waals surface area contributed by atoms with Crippen molar-refractivity contribution in [2.45, 2.75) is 37.0 Å². The number of hydrogen-bond acceptors (Lipinski definition) is 6. The van der Waals surface area contributed by atoms with Crippen LogP contribution >= 0.6 is 11.8 Å². The van der Waals surface area contributed by atoms with Crippen LogP contribution in [0.2, 0.25) is 0 Å². The zero-order valence-corrected chi connectivity index (χ0v) is 16.8. The van der Waals surface area contributed by atoms with Gasteiger partial charge in [0.25, 0.3) is 0 Å². The van der Waals surface area contributed by atoms with E-state index in [1.807, 2.05) is 50.2 Å². The lowest BCUT2D eigenvalue weighted by Gasteiger charge is -2.23. The molecule has 6 nitrogen and oxygen atoms in total. The van der Waals surface area contributed by atoms with Gasteiger partial charge < -0.3 is 14.5 Å². The summed E-state index contributed by atoms with van der Waals surface area (Å²) in [4.78, 5) is 37.5. The molecular formula is C22H19NO5S. The van der Waals surface area contributed by atoms with Crippen LogP contribution < -0.4 is 10.9 Å². The van der Waals surface area contributed by atoms with Crippen LogP contribution in [0.1, 0.15) is 23.1 Å². The van der Waals surface area contributed by atoms with E-state index < -0.39 is 16.8 Å². The Labute approximate surface area is 171 Å². The Hall–Kier alpha value is -3.06. The van der Waals surface area contributed by atoms with E-state index >= 15 is 0 Å². The molecular weight excluding hydrogens is 390 g/mol. The predicted octanol–water partition coefficient (Wildman–Crippen LogP) is 3.96. The number of carbonyl (C=O) groups is 2. The second kappa shape index (κ2) is 7.75. The number of thioether (sulfide) groups is 1. The fraction of sp³-hybridized carbons (Fsp3) is 0.227. The van der Waals surface area contributed by atoms with Crippen LogP contribution in [0.3, 0.4) is 0 Å². The van der Waals surface area contributed by atoms with E-state index in [9.17, 15) is 14.4 Å². The fourth-order valence-corrected chi connectivity index (χ4v) is 4.33. The van der Waals surface area contributed by atoms with Gasteiger partial charge in [-0.3, -0.25) is 9.59 Å². The zero-order chi connectivity index (χ0) is 20.5. The Balaban J connectivity index is 1.47. The number of anilines is 1. The van der Waals surface area contributed by atoms with E-state index in [1.165, 1.54) is 17.8 Å². The van der Waals surface area contributed by atoms with E-state index in [-0.39, 0.29) is 18.9 Å². The summed E-state index contributed by atoms with van der Waals surface area (Å²) in [5.41, 5.74) is 3.23. The van der Waals surface area contributed by atoms with Gasteiger partial charge in [-0.05, 0) is 37.1 Å². The van der Waals surface area contributed by atoms with Crippen molar-refractivity contribution < 1.29 is 18.7 Å². The standard InChI is InChI=1S/C22H19NO5S/c1-12-7-8-15-14(9-20(25)28-21(15)13(12)2)11-27-19(24)10-18-22(26)23-16-5-3-4-6-17(16)29-18/h3-9,18H,10-11H2,1-2H3,(H,23,26)/t18-/m0/s1. The molecule has 0 bridgehead atoms. The maximum atomic E-state index is 12.4. The SMILES string of the molecule is Cc1ccc2c(COC(=O)C[C@@H]3Sc4ccccc4NC3=O)cc(=O)oc2c1C. The molecule has 1 aromatic heterocycles. The summed E-state index contributed by atoms with van der Waals surface area (Å²) in [7, 11) is 0.